The van der Waals surface area contributed by atoms with Gasteiger partial charge >= 0.3 is 6.36 Å². The van der Waals surface area contributed by atoms with E-state index in [4.69, 9.17) is 14.7 Å². The number of benzene rings is 4. The van der Waals surface area contributed by atoms with Crippen LogP contribution in [0.15, 0.2) is 91.0 Å². The Morgan fingerprint density at radius 1 is 0.694 bits per heavy atom. The largest absolute Gasteiger partial charge is 0.573 e. The van der Waals surface area contributed by atoms with Crippen LogP contribution in [0, 0.1) is 17.1 Å². The van der Waals surface area contributed by atoms with Gasteiger partial charge in [0.15, 0.2) is 11.6 Å². The van der Waals surface area contributed by atoms with Gasteiger partial charge in [-0.15, -0.1) is 13.2 Å². The Morgan fingerprint density at radius 2 is 1.14 bits per heavy atom. The smallest absolute Gasteiger partial charge is 0.455 e. The van der Waals surface area contributed by atoms with E-state index in [9.17, 15) is 17.6 Å². The van der Waals surface area contributed by atoms with Crippen LogP contribution in [-0.2, 0) is 0 Å². The number of halogens is 4. The Bertz CT molecular complexity index is 1360. The molecule has 0 amide bonds. The van der Waals surface area contributed by atoms with Crippen molar-refractivity contribution in [3.05, 3.63) is 102 Å². The minimum Gasteiger partial charge on any atom is -0.455 e. The molecular formula is C28H19F4NO3. The first-order valence-corrected chi connectivity index (χ1v) is 10.8. The molecule has 8 heteroatoms. The van der Waals surface area contributed by atoms with Gasteiger partial charge in [-0.25, -0.2) is 4.39 Å². The maximum absolute atomic E-state index is 14.0. The van der Waals surface area contributed by atoms with Crippen molar-refractivity contribution >= 4 is 0 Å². The number of hydrogen-bond acceptors (Lipinski definition) is 4. The van der Waals surface area contributed by atoms with Gasteiger partial charge in [-0.05, 0) is 70.8 Å². The average Bonchev–Trinajstić information content (AvgIpc) is 2.85. The van der Waals surface area contributed by atoms with E-state index < -0.39 is 24.2 Å². The molecule has 1 atom stereocenters. The van der Waals surface area contributed by atoms with Crippen LogP contribution in [0.1, 0.15) is 12.5 Å². The van der Waals surface area contributed by atoms with E-state index in [0.717, 1.165) is 23.3 Å². The highest BCUT2D eigenvalue weighted by Crippen LogP contribution is 2.31. The zero-order chi connectivity index (χ0) is 25.7. The molecule has 0 radical (unpaired) electrons. The quantitative estimate of drug-likeness (QED) is 0.195. The number of alkyl halides is 3. The van der Waals surface area contributed by atoms with Gasteiger partial charge in [0.1, 0.15) is 11.5 Å². The highest BCUT2D eigenvalue weighted by atomic mass is 19.4. The lowest BCUT2D eigenvalue weighted by Gasteiger charge is -2.17. The molecule has 36 heavy (non-hydrogen) atoms. The Kier molecular flexibility index (Phi) is 7.11. The molecule has 0 aliphatic heterocycles. The van der Waals surface area contributed by atoms with Gasteiger partial charge in [-0.3, -0.25) is 0 Å². The van der Waals surface area contributed by atoms with Gasteiger partial charge in [-0.2, -0.15) is 5.26 Å². The van der Waals surface area contributed by atoms with Crippen molar-refractivity contribution in [3.63, 3.8) is 0 Å². The Balaban J connectivity index is 1.36. The minimum absolute atomic E-state index is 0.389. The summed E-state index contributed by atoms with van der Waals surface area (Å²) in [5.41, 5.74) is 3.53. The Hall–Kier alpha value is -4.51. The van der Waals surface area contributed by atoms with E-state index in [0.29, 0.717) is 28.2 Å². The van der Waals surface area contributed by atoms with Crippen LogP contribution in [0.2, 0.25) is 0 Å². The summed E-state index contributed by atoms with van der Waals surface area (Å²) in [7, 11) is 0. The molecule has 0 N–H and O–H groups in total. The van der Waals surface area contributed by atoms with Gasteiger partial charge in [0, 0.05) is 6.92 Å². The standard InChI is InChI=1S/C28H19F4NO3/c1-18(34-24-11-6-21(7-12-24)20-4-2-19(17-33)3-5-20)35-25-13-8-22(9-14-25)23-10-15-27(26(29)16-23)36-28(30,31)32/h2-16,18H,1H3. The zero-order valence-corrected chi connectivity index (χ0v) is 18.9. The first kappa shape index (κ1) is 24.6. The molecule has 4 rings (SSSR count). The maximum Gasteiger partial charge on any atom is 0.573 e. The number of ether oxygens (including phenoxy) is 3. The summed E-state index contributed by atoms with van der Waals surface area (Å²) < 4.78 is 66.2. The number of nitrogens with zero attached hydrogens (tertiary/aromatic N) is 1. The van der Waals surface area contributed by atoms with E-state index >= 15 is 0 Å². The molecule has 1 unspecified atom stereocenters. The van der Waals surface area contributed by atoms with Gasteiger partial charge < -0.3 is 14.2 Å². The fraction of sp³-hybridized carbons (Fsp3) is 0.107. The monoisotopic (exact) mass is 493 g/mol. The molecule has 0 aromatic heterocycles. The van der Waals surface area contributed by atoms with Crippen molar-refractivity contribution in [2.24, 2.45) is 0 Å². The zero-order valence-electron chi connectivity index (χ0n) is 18.9. The van der Waals surface area contributed by atoms with Crippen molar-refractivity contribution in [2.45, 2.75) is 19.6 Å². The van der Waals surface area contributed by atoms with Crippen molar-refractivity contribution in [1.82, 2.24) is 0 Å². The average molecular weight is 493 g/mol. The molecule has 0 saturated heterocycles. The van der Waals surface area contributed by atoms with Crippen LogP contribution in [0.25, 0.3) is 22.3 Å². The summed E-state index contributed by atoms with van der Waals surface area (Å²) in [6.07, 6.45) is -5.58. The molecule has 0 saturated carbocycles. The molecule has 0 bridgehead atoms. The number of rotatable bonds is 7. The van der Waals surface area contributed by atoms with E-state index in [1.165, 1.54) is 6.07 Å². The molecule has 182 valence electrons. The lowest BCUT2D eigenvalue weighted by molar-refractivity contribution is -0.275. The predicted molar refractivity (Wildman–Crippen MR) is 126 cm³/mol. The third-order valence-electron chi connectivity index (χ3n) is 5.15. The highest BCUT2D eigenvalue weighted by molar-refractivity contribution is 5.66. The summed E-state index contributed by atoms with van der Waals surface area (Å²) in [6, 6.07) is 26.7. The second-order valence-electron chi connectivity index (χ2n) is 7.73. The molecule has 0 aliphatic rings. The fourth-order valence-electron chi connectivity index (χ4n) is 3.48. The topological polar surface area (TPSA) is 51.5 Å². The Morgan fingerprint density at radius 3 is 1.58 bits per heavy atom. The molecule has 0 aliphatic carbocycles. The van der Waals surface area contributed by atoms with Crippen LogP contribution < -0.4 is 14.2 Å². The normalized spacial score (nSPS) is 11.9. The minimum atomic E-state index is -4.97. The van der Waals surface area contributed by atoms with Crippen LogP contribution in [0.4, 0.5) is 17.6 Å². The summed E-state index contributed by atoms with van der Waals surface area (Å²) in [5, 5.41) is 8.91. The summed E-state index contributed by atoms with van der Waals surface area (Å²) >= 11 is 0. The van der Waals surface area contributed by atoms with Crippen molar-refractivity contribution in [2.75, 3.05) is 0 Å². The second-order valence-corrected chi connectivity index (χ2v) is 7.73. The van der Waals surface area contributed by atoms with Gasteiger partial charge in [0.05, 0.1) is 11.6 Å². The predicted octanol–water partition coefficient (Wildman–Crippen LogP) is 7.73. The molecular weight excluding hydrogens is 474 g/mol. The molecule has 4 nitrogen and oxygen atoms in total. The van der Waals surface area contributed by atoms with Crippen LogP contribution >= 0.6 is 0 Å². The summed E-state index contributed by atoms with van der Waals surface area (Å²) in [6.45, 7) is 1.73. The maximum atomic E-state index is 14.0. The molecule has 4 aromatic carbocycles. The number of hydrogen-bond donors (Lipinski definition) is 0. The third kappa shape index (κ3) is 6.33. The molecule has 0 fully saturated rings. The van der Waals surface area contributed by atoms with Gasteiger partial charge in [-0.1, -0.05) is 42.5 Å². The fourth-order valence-corrected chi connectivity index (χ4v) is 3.48. The highest BCUT2D eigenvalue weighted by Gasteiger charge is 2.32. The second kappa shape index (κ2) is 10.4. The SMILES string of the molecule is CC(Oc1ccc(-c2ccc(C#N)cc2)cc1)Oc1ccc(-c2ccc(OC(F)(F)F)c(F)c2)cc1. The van der Waals surface area contributed by atoms with Gasteiger partial charge in [0.2, 0.25) is 6.29 Å². The lowest BCUT2D eigenvalue weighted by atomic mass is 10.0. The van der Waals surface area contributed by atoms with Crippen molar-refractivity contribution in [3.8, 4) is 45.6 Å². The number of nitriles is 1. The van der Waals surface area contributed by atoms with Crippen LogP contribution in [0.3, 0.4) is 0 Å². The van der Waals surface area contributed by atoms with Crippen LogP contribution in [-0.4, -0.2) is 12.7 Å². The Labute approximate surface area is 204 Å². The van der Waals surface area contributed by atoms with Crippen molar-refractivity contribution in [1.29, 1.82) is 5.26 Å². The van der Waals surface area contributed by atoms with Crippen LogP contribution in [0.5, 0.6) is 17.2 Å². The van der Waals surface area contributed by atoms with E-state index in [1.54, 1.807) is 43.3 Å². The molecule has 0 heterocycles. The van der Waals surface area contributed by atoms with E-state index in [-0.39, 0.29) is 0 Å². The molecule has 4 aromatic rings. The molecule has 0 spiro atoms. The van der Waals surface area contributed by atoms with Gasteiger partial charge in [0.25, 0.3) is 0 Å². The third-order valence-corrected chi connectivity index (χ3v) is 5.15. The lowest BCUT2D eigenvalue weighted by Crippen LogP contribution is -2.19. The summed E-state index contributed by atoms with van der Waals surface area (Å²) in [4.78, 5) is 0. The first-order valence-electron chi connectivity index (χ1n) is 10.8. The van der Waals surface area contributed by atoms with E-state index in [2.05, 4.69) is 10.8 Å². The summed E-state index contributed by atoms with van der Waals surface area (Å²) in [5.74, 6) is -0.898. The van der Waals surface area contributed by atoms with E-state index in [1.807, 2.05) is 36.4 Å². The first-order chi connectivity index (χ1) is 17.2. The van der Waals surface area contributed by atoms with Crippen molar-refractivity contribution < 1.29 is 31.8 Å².